The summed E-state index contributed by atoms with van der Waals surface area (Å²) in [6.07, 6.45) is 0. The Morgan fingerprint density at radius 2 is 1.68 bits per heavy atom. The molecule has 5 heteroatoms. The van der Waals surface area contributed by atoms with Gasteiger partial charge in [-0.25, -0.2) is 9.78 Å². The molecular formula is C26H23NO3S. The number of ether oxygens (including phenoxy) is 2. The molecule has 0 aliphatic heterocycles. The molecule has 0 N–H and O–H groups in total. The molecule has 4 nitrogen and oxygen atoms in total. The van der Waals surface area contributed by atoms with Crippen LogP contribution in [0.3, 0.4) is 0 Å². The van der Waals surface area contributed by atoms with Gasteiger partial charge in [0.2, 0.25) is 0 Å². The van der Waals surface area contributed by atoms with E-state index in [-0.39, 0.29) is 0 Å². The fraction of sp³-hybridized carbons (Fsp3) is 0.154. The van der Waals surface area contributed by atoms with Crippen molar-refractivity contribution in [3.63, 3.8) is 0 Å². The summed E-state index contributed by atoms with van der Waals surface area (Å²) in [6.45, 7) is 2.42. The van der Waals surface area contributed by atoms with E-state index in [4.69, 9.17) is 14.5 Å². The third-order valence-electron chi connectivity index (χ3n) is 4.89. The molecule has 0 saturated heterocycles. The van der Waals surface area contributed by atoms with Gasteiger partial charge >= 0.3 is 5.97 Å². The number of aromatic nitrogens is 1. The summed E-state index contributed by atoms with van der Waals surface area (Å²) in [5, 5.41) is 1.40. The van der Waals surface area contributed by atoms with Crippen LogP contribution in [-0.4, -0.2) is 18.1 Å². The summed E-state index contributed by atoms with van der Waals surface area (Å²) in [7, 11) is 1.38. The van der Waals surface area contributed by atoms with Gasteiger partial charge in [0, 0.05) is 11.1 Å². The van der Waals surface area contributed by atoms with Crippen molar-refractivity contribution in [3.05, 3.63) is 101 Å². The van der Waals surface area contributed by atoms with Gasteiger partial charge in [0.1, 0.15) is 22.9 Å². The maximum absolute atomic E-state index is 12.8. The van der Waals surface area contributed by atoms with Gasteiger partial charge < -0.3 is 9.47 Å². The molecule has 0 atom stereocenters. The lowest BCUT2D eigenvalue weighted by molar-refractivity contribution is 0.0590. The molecule has 0 aliphatic rings. The number of nitrogens with zero attached hydrogens (tertiary/aromatic N) is 1. The third kappa shape index (κ3) is 4.89. The van der Waals surface area contributed by atoms with Crippen molar-refractivity contribution in [3.8, 4) is 5.75 Å². The molecule has 156 valence electrons. The molecule has 0 radical (unpaired) electrons. The summed E-state index contributed by atoms with van der Waals surface area (Å²) in [4.78, 5) is 17.6. The normalized spacial score (nSPS) is 10.8. The van der Waals surface area contributed by atoms with Crippen molar-refractivity contribution in [1.82, 2.24) is 4.98 Å². The van der Waals surface area contributed by atoms with Crippen LogP contribution in [-0.2, 0) is 17.1 Å². The fourth-order valence-electron chi connectivity index (χ4n) is 3.38. The van der Waals surface area contributed by atoms with E-state index in [2.05, 4.69) is 25.1 Å². The number of methoxy groups -OCH3 is 1. The molecule has 0 fully saturated rings. The largest absolute Gasteiger partial charge is 0.487 e. The molecule has 1 aromatic heterocycles. The van der Waals surface area contributed by atoms with E-state index < -0.39 is 5.97 Å². The second-order valence-electron chi connectivity index (χ2n) is 7.18. The minimum Gasteiger partial charge on any atom is -0.487 e. The van der Waals surface area contributed by atoms with Gasteiger partial charge in [-0.3, -0.25) is 0 Å². The Morgan fingerprint density at radius 1 is 0.935 bits per heavy atom. The molecule has 0 aliphatic carbocycles. The minimum atomic E-state index is -0.451. The van der Waals surface area contributed by atoms with Gasteiger partial charge in [0.15, 0.2) is 0 Å². The van der Waals surface area contributed by atoms with Gasteiger partial charge in [-0.05, 0) is 30.2 Å². The number of thioether (sulfide) groups is 1. The van der Waals surface area contributed by atoms with Crippen LogP contribution < -0.4 is 4.74 Å². The zero-order chi connectivity index (χ0) is 21.6. The van der Waals surface area contributed by atoms with Crippen molar-refractivity contribution in [1.29, 1.82) is 0 Å². The van der Waals surface area contributed by atoms with E-state index in [1.165, 1.54) is 30.0 Å². The molecule has 0 amide bonds. The summed E-state index contributed by atoms with van der Waals surface area (Å²) in [5.74, 6) is 0.746. The number of para-hydroxylation sites is 1. The maximum Gasteiger partial charge on any atom is 0.344 e. The number of esters is 1. The van der Waals surface area contributed by atoms with Crippen LogP contribution in [0.1, 0.15) is 27.0 Å². The van der Waals surface area contributed by atoms with Crippen molar-refractivity contribution in [2.75, 3.05) is 7.11 Å². The van der Waals surface area contributed by atoms with Crippen LogP contribution in [0.5, 0.6) is 5.75 Å². The zero-order valence-electron chi connectivity index (χ0n) is 17.5. The molecule has 0 bridgehead atoms. The lowest BCUT2D eigenvalue weighted by Gasteiger charge is -2.16. The predicted molar refractivity (Wildman–Crippen MR) is 125 cm³/mol. The van der Waals surface area contributed by atoms with Gasteiger partial charge in [0.25, 0.3) is 0 Å². The smallest absolute Gasteiger partial charge is 0.344 e. The van der Waals surface area contributed by atoms with Crippen LogP contribution in [0.2, 0.25) is 0 Å². The Kier molecular flexibility index (Phi) is 6.53. The second-order valence-corrected chi connectivity index (χ2v) is 8.15. The first kappa shape index (κ1) is 20.9. The van der Waals surface area contributed by atoms with Gasteiger partial charge in [-0.15, -0.1) is 11.8 Å². The number of carbonyl (C=O) groups is 1. The number of aryl methyl sites for hydroxylation is 1. The van der Waals surface area contributed by atoms with E-state index >= 15 is 0 Å². The molecule has 4 aromatic rings. The van der Waals surface area contributed by atoms with Gasteiger partial charge in [-0.1, -0.05) is 72.3 Å². The summed E-state index contributed by atoms with van der Waals surface area (Å²) < 4.78 is 11.3. The first-order valence-corrected chi connectivity index (χ1v) is 11.0. The predicted octanol–water partition coefficient (Wildman–Crippen LogP) is 6.20. The first-order chi connectivity index (χ1) is 15.2. The quantitative estimate of drug-likeness (QED) is 0.258. The Balaban J connectivity index is 1.76. The third-order valence-corrected chi connectivity index (χ3v) is 5.93. The number of carbonyl (C=O) groups excluding carboxylic acids is 1. The molecule has 1 heterocycles. The Labute approximate surface area is 186 Å². The summed E-state index contributed by atoms with van der Waals surface area (Å²) in [5.41, 5.74) is 4.54. The van der Waals surface area contributed by atoms with Crippen LogP contribution in [0, 0.1) is 6.92 Å². The van der Waals surface area contributed by atoms with Crippen molar-refractivity contribution >= 4 is 28.6 Å². The molecule has 0 spiro atoms. The van der Waals surface area contributed by atoms with E-state index in [1.807, 2.05) is 60.7 Å². The average molecular weight is 430 g/mol. The number of hydrogen-bond donors (Lipinski definition) is 0. The summed E-state index contributed by atoms with van der Waals surface area (Å²) in [6, 6.07) is 25.9. The number of rotatable bonds is 7. The second kappa shape index (κ2) is 9.67. The molecule has 3 aromatic carbocycles. The van der Waals surface area contributed by atoms with Crippen LogP contribution >= 0.6 is 11.8 Å². The van der Waals surface area contributed by atoms with E-state index in [0.717, 1.165) is 16.5 Å². The Bertz CT molecular complexity index is 1210. The highest BCUT2D eigenvalue weighted by atomic mass is 32.2. The zero-order valence-corrected chi connectivity index (χ0v) is 18.3. The highest BCUT2D eigenvalue weighted by molar-refractivity contribution is 7.98. The number of fused-ring (bicyclic) bond motifs is 1. The molecular weight excluding hydrogens is 406 g/mol. The van der Waals surface area contributed by atoms with E-state index in [9.17, 15) is 4.79 Å². The van der Waals surface area contributed by atoms with Crippen molar-refractivity contribution < 1.29 is 14.3 Å². The van der Waals surface area contributed by atoms with Crippen molar-refractivity contribution in [2.24, 2.45) is 0 Å². The average Bonchev–Trinajstić information content (AvgIpc) is 2.81. The molecule has 0 unspecified atom stereocenters. The van der Waals surface area contributed by atoms with Crippen LogP contribution in [0.15, 0.2) is 83.9 Å². The molecule has 0 saturated carbocycles. The maximum atomic E-state index is 12.8. The Hall–Kier alpha value is -3.31. The lowest BCUT2D eigenvalue weighted by atomic mass is 10.1. The molecule has 31 heavy (non-hydrogen) atoms. The lowest BCUT2D eigenvalue weighted by Crippen LogP contribution is -2.10. The van der Waals surface area contributed by atoms with Gasteiger partial charge in [0.05, 0.1) is 12.6 Å². The topological polar surface area (TPSA) is 48.4 Å². The number of pyridine rings is 1. The Morgan fingerprint density at radius 3 is 2.45 bits per heavy atom. The van der Waals surface area contributed by atoms with E-state index in [0.29, 0.717) is 28.7 Å². The SMILES string of the molecule is COC(=O)c1c(SCc2cccc(C)c2)nc2ccccc2c1OCc1ccccc1. The van der Waals surface area contributed by atoms with Crippen LogP contribution in [0.25, 0.3) is 10.9 Å². The highest BCUT2D eigenvalue weighted by Gasteiger charge is 2.24. The first-order valence-electron chi connectivity index (χ1n) is 10.0. The number of hydrogen-bond acceptors (Lipinski definition) is 5. The minimum absolute atomic E-state index is 0.348. The standard InChI is InChI=1S/C26H23NO3S/c1-18-9-8-12-20(15-18)17-31-25-23(26(28)29-2)24(21-13-6-7-14-22(21)27-25)30-16-19-10-4-3-5-11-19/h3-15H,16-17H2,1-2H3. The van der Waals surface area contributed by atoms with Crippen LogP contribution in [0.4, 0.5) is 0 Å². The fourth-order valence-corrected chi connectivity index (χ4v) is 4.35. The molecule has 4 rings (SSSR count). The van der Waals surface area contributed by atoms with Gasteiger partial charge in [-0.2, -0.15) is 0 Å². The summed E-state index contributed by atoms with van der Waals surface area (Å²) >= 11 is 1.51. The van der Waals surface area contributed by atoms with Crippen molar-refractivity contribution in [2.45, 2.75) is 24.3 Å². The monoisotopic (exact) mass is 429 g/mol. The highest BCUT2D eigenvalue weighted by Crippen LogP contribution is 2.37. The van der Waals surface area contributed by atoms with E-state index in [1.54, 1.807) is 0 Å². The number of benzene rings is 3.